The molecule has 0 aliphatic heterocycles. The summed E-state index contributed by atoms with van der Waals surface area (Å²) in [6.07, 6.45) is 5.43. The van der Waals surface area contributed by atoms with E-state index in [0.29, 0.717) is 52.9 Å². The van der Waals surface area contributed by atoms with Crippen molar-refractivity contribution in [3.8, 4) is 22.6 Å². The van der Waals surface area contributed by atoms with Gasteiger partial charge in [-0.05, 0) is 57.0 Å². The van der Waals surface area contributed by atoms with E-state index in [2.05, 4.69) is 20.2 Å². The maximum absolute atomic E-state index is 12.5. The topological polar surface area (TPSA) is 128 Å². The number of anilines is 2. The lowest BCUT2D eigenvalue weighted by atomic mass is 10.0. The minimum atomic E-state index is -3.51. The molecule has 11 heteroatoms. The number of hydrogen-bond donors (Lipinski definition) is 2. The second-order valence-corrected chi connectivity index (χ2v) is 10.6. The Bertz CT molecular complexity index is 1490. The Balaban J connectivity index is 1.60. The first-order valence-corrected chi connectivity index (χ1v) is 13.4. The highest BCUT2D eigenvalue weighted by molar-refractivity contribution is 7.92. The summed E-state index contributed by atoms with van der Waals surface area (Å²) in [5, 5.41) is 6.94. The number of hydrogen-bond acceptors (Lipinski definition) is 7. The average molecular weight is 524 g/mol. The predicted octanol–water partition coefficient (Wildman–Crippen LogP) is 5.05. The summed E-state index contributed by atoms with van der Waals surface area (Å²) >= 11 is 0. The second kappa shape index (κ2) is 10.9. The Labute approximate surface area is 215 Å². The lowest BCUT2D eigenvalue weighted by Gasteiger charge is -2.14. The summed E-state index contributed by atoms with van der Waals surface area (Å²) in [4.78, 5) is 16.5. The third-order valence-corrected chi connectivity index (χ3v) is 7.06. The molecule has 4 aromatic rings. The lowest BCUT2D eigenvalue weighted by Crippen LogP contribution is -2.15. The molecular weight excluding hydrogens is 494 g/mol. The number of aryl methyl sites for hydroxylation is 4. The van der Waals surface area contributed by atoms with Gasteiger partial charge in [0, 0.05) is 48.7 Å². The molecule has 0 fully saturated rings. The van der Waals surface area contributed by atoms with Gasteiger partial charge in [-0.3, -0.25) is 9.52 Å². The summed E-state index contributed by atoms with van der Waals surface area (Å²) < 4.78 is 40.4. The number of carbonyl (C=O) groups excluding carboxylic acids is 1. The van der Waals surface area contributed by atoms with Gasteiger partial charge in [-0.2, -0.15) is 0 Å². The fourth-order valence-corrected chi connectivity index (χ4v) is 4.43. The van der Waals surface area contributed by atoms with Gasteiger partial charge in [0.1, 0.15) is 17.3 Å². The molecule has 2 heterocycles. The Morgan fingerprint density at radius 3 is 2.59 bits per heavy atom. The van der Waals surface area contributed by atoms with Gasteiger partial charge >= 0.3 is 0 Å². The molecule has 2 aromatic heterocycles. The molecule has 10 nitrogen and oxygen atoms in total. The van der Waals surface area contributed by atoms with Crippen LogP contribution in [0.25, 0.3) is 11.1 Å². The maximum atomic E-state index is 12.5. The zero-order chi connectivity index (χ0) is 26.6. The van der Waals surface area contributed by atoms with Crippen molar-refractivity contribution in [1.29, 1.82) is 0 Å². The number of ether oxygens (including phenoxy) is 1. The Morgan fingerprint density at radius 2 is 1.92 bits per heavy atom. The van der Waals surface area contributed by atoms with Crippen molar-refractivity contribution in [2.75, 3.05) is 15.8 Å². The third-order valence-electron chi connectivity index (χ3n) is 5.76. The quantitative estimate of drug-likeness (QED) is 0.298. The fourth-order valence-electron chi connectivity index (χ4n) is 3.81. The fraction of sp³-hybridized carbons (Fsp3) is 0.269. The molecule has 0 saturated carbocycles. The Hall–Kier alpha value is -4.12. The van der Waals surface area contributed by atoms with Gasteiger partial charge in [0.05, 0.1) is 23.5 Å². The summed E-state index contributed by atoms with van der Waals surface area (Å²) in [5.41, 5.74) is 4.00. The lowest BCUT2D eigenvalue weighted by molar-refractivity contribution is -0.116. The first kappa shape index (κ1) is 26.0. The molecule has 37 heavy (non-hydrogen) atoms. The molecule has 2 aromatic carbocycles. The smallest absolute Gasteiger partial charge is 0.232 e. The minimum Gasteiger partial charge on any atom is -0.457 e. The Morgan fingerprint density at radius 1 is 1.11 bits per heavy atom. The van der Waals surface area contributed by atoms with Gasteiger partial charge in [0.25, 0.3) is 0 Å². The molecule has 2 N–H and O–H groups in total. The van der Waals surface area contributed by atoms with Crippen LogP contribution in [0, 0.1) is 20.8 Å². The number of carbonyl (C=O) groups is 1. The van der Waals surface area contributed by atoms with Crippen LogP contribution in [0.15, 0.2) is 59.6 Å². The van der Waals surface area contributed by atoms with Gasteiger partial charge < -0.3 is 19.1 Å². The molecule has 4 rings (SSSR count). The molecule has 1 amide bonds. The highest BCUT2D eigenvalue weighted by Gasteiger charge is 2.16. The highest BCUT2D eigenvalue weighted by Crippen LogP contribution is 2.35. The third kappa shape index (κ3) is 6.56. The number of aromatic nitrogens is 3. The predicted molar refractivity (Wildman–Crippen MR) is 141 cm³/mol. The van der Waals surface area contributed by atoms with Crippen LogP contribution in [0.1, 0.15) is 30.4 Å². The number of rotatable bonds is 10. The largest absolute Gasteiger partial charge is 0.457 e. The number of amides is 1. The van der Waals surface area contributed by atoms with Crippen molar-refractivity contribution in [3.63, 3.8) is 0 Å². The van der Waals surface area contributed by atoms with Crippen molar-refractivity contribution in [2.24, 2.45) is 0 Å². The van der Waals surface area contributed by atoms with Crippen LogP contribution >= 0.6 is 0 Å². The van der Waals surface area contributed by atoms with Crippen LogP contribution in [-0.4, -0.2) is 34.8 Å². The van der Waals surface area contributed by atoms with Crippen LogP contribution in [0.5, 0.6) is 11.5 Å². The normalized spacial score (nSPS) is 11.4. The van der Waals surface area contributed by atoms with E-state index in [9.17, 15) is 13.2 Å². The van der Waals surface area contributed by atoms with Gasteiger partial charge in [-0.15, -0.1) is 0 Å². The van der Waals surface area contributed by atoms with E-state index in [-0.39, 0.29) is 11.7 Å². The average Bonchev–Trinajstić information content (AvgIpc) is 3.49. The summed E-state index contributed by atoms with van der Waals surface area (Å²) in [6.45, 7) is 7.59. The molecule has 194 valence electrons. The van der Waals surface area contributed by atoms with E-state index in [1.807, 2.05) is 24.5 Å². The van der Waals surface area contributed by atoms with Crippen LogP contribution in [0.2, 0.25) is 0 Å². The standard InChI is InChI=1S/C26H29N5O5S/c1-5-37(33,34)30-21-12-20(26-18(3)29-36-19(26)4)13-23(14-21)35-22-7-6-17(2)24(15-22)28-25(32)8-10-31-11-9-27-16-31/h6-7,9,11-16,30H,5,8,10H2,1-4H3,(H,28,32). The van der Waals surface area contributed by atoms with Gasteiger partial charge in [-0.1, -0.05) is 11.2 Å². The first-order valence-electron chi connectivity index (χ1n) is 11.8. The van der Waals surface area contributed by atoms with E-state index in [1.54, 1.807) is 62.9 Å². The molecule has 0 spiro atoms. The molecule has 0 atom stereocenters. The van der Waals surface area contributed by atoms with Crippen molar-refractivity contribution >= 4 is 27.3 Å². The molecule has 0 unspecified atom stereocenters. The van der Waals surface area contributed by atoms with E-state index in [0.717, 1.165) is 11.1 Å². The van der Waals surface area contributed by atoms with E-state index < -0.39 is 10.0 Å². The van der Waals surface area contributed by atoms with E-state index >= 15 is 0 Å². The van der Waals surface area contributed by atoms with Gasteiger partial charge in [-0.25, -0.2) is 13.4 Å². The number of benzene rings is 2. The molecule has 0 radical (unpaired) electrons. The van der Waals surface area contributed by atoms with Crippen LogP contribution in [-0.2, 0) is 21.4 Å². The molecular formula is C26H29N5O5S. The van der Waals surface area contributed by atoms with Gasteiger partial charge in [0.15, 0.2) is 0 Å². The van der Waals surface area contributed by atoms with Crippen LogP contribution in [0.4, 0.5) is 11.4 Å². The van der Waals surface area contributed by atoms with Crippen molar-refractivity contribution in [3.05, 3.63) is 72.1 Å². The monoisotopic (exact) mass is 523 g/mol. The molecule has 0 aliphatic rings. The molecule has 0 saturated heterocycles. The van der Waals surface area contributed by atoms with E-state index in [1.165, 1.54) is 0 Å². The highest BCUT2D eigenvalue weighted by atomic mass is 32.2. The summed E-state index contributed by atoms with van der Waals surface area (Å²) in [5.74, 6) is 1.30. The van der Waals surface area contributed by atoms with Crippen LogP contribution in [0.3, 0.4) is 0 Å². The number of nitrogens with one attached hydrogen (secondary N) is 2. The number of nitrogens with zero attached hydrogens (tertiary/aromatic N) is 3. The van der Waals surface area contributed by atoms with E-state index in [4.69, 9.17) is 9.26 Å². The van der Waals surface area contributed by atoms with Crippen LogP contribution < -0.4 is 14.8 Å². The second-order valence-electron chi connectivity index (χ2n) is 8.63. The summed E-state index contributed by atoms with van der Waals surface area (Å²) in [7, 11) is -3.51. The number of imidazole rings is 1. The molecule has 0 aliphatic carbocycles. The minimum absolute atomic E-state index is 0.0688. The Kier molecular flexibility index (Phi) is 7.63. The number of sulfonamides is 1. The van der Waals surface area contributed by atoms with Gasteiger partial charge in [0.2, 0.25) is 15.9 Å². The van der Waals surface area contributed by atoms with Crippen molar-refractivity contribution in [1.82, 2.24) is 14.7 Å². The SMILES string of the molecule is CCS(=O)(=O)Nc1cc(Oc2ccc(C)c(NC(=O)CCn3ccnc3)c2)cc(-c2c(C)noc2C)c1. The van der Waals surface area contributed by atoms with Crippen molar-refractivity contribution < 1.29 is 22.5 Å². The zero-order valence-electron chi connectivity index (χ0n) is 21.1. The first-order chi connectivity index (χ1) is 17.6. The zero-order valence-corrected chi connectivity index (χ0v) is 21.9. The summed E-state index contributed by atoms with van der Waals surface area (Å²) in [6, 6.07) is 10.5. The van der Waals surface area contributed by atoms with Crippen molar-refractivity contribution in [2.45, 2.75) is 40.7 Å². The maximum Gasteiger partial charge on any atom is 0.232 e. The molecule has 0 bridgehead atoms.